The Hall–Kier alpha value is -2.56. The number of aromatic nitrogens is 3. The number of nitrogens with one attached hydrogen (secondary N) is 1. The number of methoxy groups -OCH3 is 1. The highest BCUT2D eigenvalue weighted by molar-refractivity contribution is 5.81. The maximum absolute atomic E-state index is 12.2. The first-order chi connectivity index (χ1) is 9.63. The van der Waals surface area contributed by atoms with Crippen LogP contribution >= 0.6 is 0 Å². The maximum atomic E-state index is 12.2. The predicted molar refractivity (Wildman–Crippen MR) is 77.3 cm³/mol. The first-order valence-corrected chi connectivity index (χ1v) is 6.34. The van der Waals surface area contributed by atoms with Crippen molar-refractivity contribution < 1.29 is 4.74 Å². The molecular formula is C15H15N3O2. The van der Waals surface area contributed by atoms with Gasteiger partial charge in [-0.2, -0.15) is 0 Å². The van der Waals surface area contributed by atoms with Gasteiger partial charge in [0, 0.05) is 28.6 Å². The molecule has 0 atom stereocenters. The Morgan fingerprint density at radius 3 is 2.70 bits per heavy atom. The second-order valence-electron chi connectivity index (χ2n) is 4.67. The van der Waals surface area contributed by atoms with Crippen LogP contribution in [-0.4, -0.2) is 21.7 Å². The number of aryl methyl sites for hydroxylation is 1. The van der Waals surface area contributed by atoms with Crippen LogP contribution in [0.15, 0.2) is 35.3 Å². The molecule has 0 saturated heterocycles. The van der Waals surface area contributed by atoms with Gasteiger partial charge in [-0.25, -0.2) is 9.50 Å². The van der Waals surface area contributed by atoms with Crippen molar-refractivity contribution in [1.29, 1.82) is 0 Å². The Bertz CT molecular complexity index is 846. The van der Waals surface area contributed by atoms with Crippen LogP contribution < -0.4 is 10.3 Å². The summed E-state index contributed by atoms with van der Waals surface area (Å²) < 4.78 is 6.84. The van der Waals surface area contributed by atoms with E-state index in [2.05, 4.69) is 10.1 Å². The summed E-state index contributed by atoms with van der Waals surface area (Å²) in [6, 6.07) is 7.67. The minimum Gasteiger partial charge on any atom is -0.496 e. The fraction of sp³-hybridized carbons (Fsp3) is 0.200. The van der Waals surface area contributed by atoms with E-state index in [1.54, 1.807) is 20.2 Å². The number of hydrogen-bond acceptors (Lipinski definition) is 3. The molecule has 0 aliphatic carbocycles. The van der Waals surface area contributed by atoms with E-state index in [4.69, 9.17) is 4.74 Å². The van der Waals surface area contributed by atoms with Gasteiger partial charge in [0.25, 0.3) is 5.56 Å². The van der Waals surface area contributed by atoms with E-state index in [1.165, 1.54) is 4.52 Å². The highest BCUT2D eigenvalue weighted by Crippen LogP contribution is 2.31. The van der Waals surface area contributed by atoms with Crippen LogP contribution in [0.5, 0.6) is 5.75 Å². The van der Waals surface area contributed by atoms with E-state index < -0.39 is 0 Å². The Kier molecular flexibility index (Phi) is 2.82. The van der Waals surface area contributed by atoms with Crippen LogP contribution in [0.25, 0.3) is 16.8 Å². The zero-order valence-corrected chi connectivity index (χ0v) is 11.6. The van der Waals surface area contributed by atoms with Crippen molar-refractivity contribution in [2.75, 3.05) is 7.11 Å². The number of ether oxygens (including phenoxy) is 1. The second-order valence-corrected chi connectivity index (χ2v) is 4.67. The lowest BCUT2D eigenvalue weighted by atomic mass is 10.1. The summed E-state index contributed by atoms with van der Waals surface area (Å²) in [5.74, 6) is 0.751. The zero-order valence-electron chi connectivity index (χ0n) is 11.6. The molecule has 0 saturated carbocycles. The van der Waals surface area contributed by atoms with Gasteiger partial charge in [0.05, 0.1) is 7.11 Å². The van der Waals surface area contributed by atoms with Crippen molar-refractivity contribution in [3.05, 3.63) is 52.1 Å². The SMILES string of the molecule is COc1ccccc1-c1c[nH]n2c(=O)c(C)c(C)nc12. The summed E-state index contributed by atoms with van der Waals surface area (Å²) in [5, 5.41) is 2.96. The molecule has 0 aliphatic heterocycles. The van der Waals surface area contributed by atoms with Gasteiger partial charge in [0.1, 0.15) is 5.75 Å². The number of nitrogens with zero attached hydrogens (tertiary/aromatic N) is 2. The molecule has 0 radical (unpaired) electrons. The van der Waals surface area contributed by atoms with Crippen molar-refractivity contribution in [2.24, 2.45) is 0 Å². The summed E-state index contributed by atoms with van der Waals surface area (Å²) in [5.41, 5.74) is 3.68. The molecule has 2 aromatic heterocycles. The fourth-order valence-electron chi connectivity index (χ4n) is 2.27. The first-order valence-electron chi connectivity index (χ1n) is 6.34. The quantitative estimate of drug-likeness (QED) is 0.776. The minimum atomic E-state index is -0.0753. The van der Waals surface area contributed by atoms with Crippen molar-refractivity contribution >= 4 is 5.65 Å². The van der Waals surface area contributed by atoms with Gasteiger partial charge in [-0.05, 0) is 19.9 Å². The van der Waals surface area contributed by atoms with E-state index in [0.717, 1.165) is 22.6 Å². The summed E-state index contributed by atoms with van der Waals surface area (Å²) in [6.07, 6.45) is 1.78. The minimum absolute atomic E-state index is 0.0753. The van der Waals surface area contributed by atoms with Crippen LogP contribution in [0.3, 0.4) is 0 Å². The Balaban J connectivity index is 2.36. The smallest absolute Gasteiger partial charge is 0.275 e. The second kappa shape index (κ2) is 4.52. The Morgan fingerprint density at radius 2 is 1.95 bits per heavy atom. The van der Waals surface area contributed by atoms with Crippen molar-refractivity contribution in [3.63, 3.8) is 0 Å². The summed E-state index contributed by atoms with van der Waals surface area (Å²) >= 11 is 0. The highest BCUT2D eigenvalue weighted by atomic mass is 16.5. The van der Waals surface area contributed by atoms with Crippen molar-refractivity contribution in [3.8, 4) is 16.9 Å². The summed E-state index contributed by atoms with van der Waals surface area (Å²) in [6.45, 7) is 3.62. The lowest BCUT2D eigenvalue weighted by Gasteiger charge is -2.07. The summed E-state index contributed by atoms with van der Waals surface area (Å²) in [7, 11) is 1.63. The third-order valence-electron chi connectivity index (χ3n) is 3.53. The number of rotatable bonds is 2. The van der Waals surface area contributed by atoms with Gasteiger partial charge in [0.2, 0.25) is 0 Å². The molecule has 3 rings (SSSR count). The van der Waals surface area contributed by atoms with Gasteiger partial charge in [-0.3, -0.25) is 9.89 Å². The molecule has 0 spiro atoms. The first kappa shape index (κ1) is 12.5. The zero-order chi connectivity index (χ0) is 14.3. The van der Waals surface area contributed by atoms with Crippen LogP contribution in [0, 0.1) is 13.8 Å². The molecule has 102 valence electrons. The number of hydrogen-bond donors (Lipinski definition) is 1. The lowest BCUT2D eigenvalue weighted by molar-refractivity contribution is 0.416. The van der Waals surface area contributed by atoms with Gasteiger partial charge in [-0.15, -0.1) is 0 Å². The fourth-order valence-corrected chi connectivity index (χ4v) is 2.27. The standard InChI is InChI=1S/C15H15N3O2/c1-9-10(2)17-14-12(8-16-18(14)15(9)19)11-6-4-5-7-13(11)20-3/h4-8,16H,1-3H3. The topological polar surface area (TPSA) is 59.4 Å². The number of para-hydroxylation sites is 1. The van der Waals surface area contributed by atoms with Gasteiger partial charge < -0.3 is 4.74 Å². The molecule has 0 amide bonds. The molecule has 3 aromatic rings. The molecular weight excluding hydrogens is 254 g/mol. The average molecular weight is 269 g/mol. The Morgan fingerprint density at radius 1 is 1.20 bits per heavy atom. The maximum Gasteiger partial charge on any atom is 0.275 e. The number of aromatic amines is 1. The number of fused-ring (bicyclic) bond motifs is 1. The molecule has 1 N–H and O–H groups in total. The van der Waals surface area contributed by atoms with Crippen LogP contribution in [0.4, 0.5) is 0 Å². The molecule has 2 heterocycles. The van der Waals surface area contributed by atoms with Crippen molar-refractivity contribution in [1.82, 2.24) is 14.6 Å². The lowest BCUT2D eigenvalue weighted by Crippen LogP contribution is -2.19. The van der Waals surface area contributed by atoms with Gasteiger partial charge >= 0.3 is 0 Å². The molecule has 0 fully saturated rings. The molecule has 5 nitrogen and oxygen atoms in total. The molecule has 5 heteroatoms. The third-order valence-corrected chi connectivity index (χ3v) is 3.53. The van der Waals surface area contributed by atoms with Crippen LogP contribution in [0.2, 0.25) is 0 Å². The molecule has 0 unspecified atom stereocenters. The van der Waals surface area contributed by atoms with E-state index in [-0.39, 0.29) is 5.56 Å². The van der Waals surface area contributed by atoms with E-state index in [9.17, 15) is 4.79 Å². The molecule has 0 aliphatic rings. The van der Waals surface area contributed by atoms with Crippen LogP contribution in [-0.2, 0) is 0 Å². The number of H-pyrrole nitrogens is 1. The highest BCUT2D eigenvalue weighted by Gasteiger charge is 2.14. The van der Waals surface area contributed by atoms with Crippen LogP contribution in [0.1, 0.15) is 11.3 Å². The molecule has 1 aromatic carbocycles. The van der Waals surface area contributed by atoms with E-state index in [0.29, 0.717) is 11.2 Å². The average Bonchev–Trinajstić information content (AvgIpc) is 2.88. The van der Waals surface area contributed by atoms with Crippen molar-refractivity contribution in [2.45, 2.75) is 13.8 Å². The predicted octanol–water partition coefficient (Wildman–Crippen LogP) is 2.32. The largest absolute Gasteiger partial charge is 0.496 e. The molecule has 0 bridgehead atoms. The number of benzene rings is 1. The van der Waals surface area contributed by atoms with E-state index >= 15 is 0 Å². The van der Waals surface area contributed by atoms with Gasteiger partial charge in [0.15, 0.2) is 5.65 Å². The molecule has 20 heavy (non-hydrogen) atoms. The van der Waals surface area contributed by atoms with Gasteiger partial charge in [-0.1, -0.05) is 18.2 Å². The monoisotopic (exact) mass is 269 g/mol. The normalized spacial score (nSPS) is 10.9. The summed E-state index contributed by atoms with van der Waals surface area (Å²) in [4.78, 5) is 16.7. The third kappa shape index (κ3) is 1.71. The van der Waals surface area contributed by atoms with E-state index in [1.807, 2.05) is 31.2 Å². The Labute approximate surface area is 115 Å².